The number of nitrogens with one attached hydrogen (secondary N) is 1. The Morgan fingerprint density at radius 1 is 1.16 bits per heavy atom. The van der Waals surface area contributed by atoms with Crippen LogP contribution in [0, 0.1) is 0 Å². The van der Waals surface area contributed by atoms with Crippen LogP contribution >= 0.6 is 39.3 Å². The van der Waals surface area contributed by atoms with Crippen LogP contribution in [0.4, 0.5) is 0 Å². The Labute approximate surface area is 205 Å². The lowest BCUT2D eigenvalue weighted by atomic mass is 10.2. The van der Waals surface area contributed by atoms with Crippen LogP contribution < -0.4 is 14.9 Å². The van der Waals surface area contributed by atoms with E-state index in [0.29, 0.717) is 39.8 Å². The van der Waals surface area contributed by atoms with Gasteiger partial charge in [-0.3, -0.25) is 4.79 Å². The molecule has 32 heavy (non-hydrogen) atoms. The molecule has 1 N–H and O–H groups in total. The normalized spacial score (nSPS) is 10.8. The molecule has 0 unspecified atom stereocenters. The molecule has 0 spiro atoms. The number of amides is 1. The number of halogens is 2. The van der Waals surface area contributed by atoms with E-state index < -0.39 is 0 Å². The Bertz CT molecular complexity index is 1080. The van der Waals surface area contributed by atoms with Crippen molar-refractivity contribution in [1.29, 1.82) is 0 Å². The first-order valence-electron chi connectivity index (χ1n) is 9.80. The van der Waals surface area contributed by atoms with Crippen molar-refractivity contribution in [2.45, 2.75) is 17.9 Å². The number of hydrogen-bond donors (Lipinski definition) is 1. The second kappa shape index (κ2) is 12.5. The number of thioether (sulfide) groups is 1. The first-order valence-corrected chi connectivity index (χ1v) is 12.0. The highest BCUT2D eigenvalue weighted by Crippen LogP contribution is 2.37. The maximum Gasteiger partial charge on any atom is 0.240 e. The Balaban J connectivity index is 1.54. The van der Waals surface area contributed by atoms with Gasteiger partial charge in [-0.15, -0.1) is 11.8 Å². The smallest absolute Gasteiger partial charge is 0.240 e. The van der Waals surface area contributed by atoms with Gasteiger partial charge in [0.15, 0.2) is 11.5 Å². The number of nitrogens with zero attached hydrogens (tertiary/aromatic N) is 1. The Kier molecular flexibility index (Phi) is 9.46. The molecule has 0 aliphatic rings. The van der Waals surface area contributed by atoms with Crippen molar-refractivity contribution in [2.24, 2.45) is 5.10 Å². The molecule has 3 aromatic rings. The summed E-state index contributed by atoms with van der Waals surface area (Å²) >= 11 is 11.4. The fourth-order valence-electron chi connectivity index (χ4n) is 2.73. The monoisotopic (exact) mass is 532 g/mol. The number of rotatable bonds is 10. The summed E-state index contributed by atoms with van der Waals surface area (Å²) < 4.78 is 12.1. The molecule has 0 saturated carbocycles. The predicted octanol–water partition coefficient (Wildman–Crippen LogP) is 6.32. The molecule has 0 aliphatic heterocycles. The molecule has 0 saturated heterocycles. The van der Waals surface area contributed by atoms with Crippen LogP contribution in [0.5, 0.6) is 11.5 Å². The Hall–Kier alpha value is -2.48. The standard InChI is InChI=1S/C24H22BrClN2O3S/c1-30-22-14-17(13-20(25)24(22)31-16-18-7-5-6-10-21(18)26)15-27-28-23(29)11-12-32-19-8-3-2-4-9-19/h2-10,13-15H,11-12,16H2,1H3,(H,28,29)/b27-15-. The van der Waals surface area contributed by atoms with Gasteiger partial charge in [-0.25, -0.2) is 5.43 Å². The summed E-state index contributed by atoms with van der Waals surface area (Å²) in [6.07, 6.45) is 1.94. The highest BCUT2D eigenvalue weighted by atomic mass is 79.9. The molecule has 0 radical (unpaired) electrons. The topological polar surface area (TPSA) is 59.9 Å². The van der Waals surface area contributed by atoms with Gasteiger partial charge in [0.25, 0.3) is 0 Å². The number of hydrogen-bond acceptors (Lipinski definition) is 5. The molecular weight excluding hydrogens is 512 g/mol. The fourth-order valence-corrected chi connectivity index (χ4v) is 4.37. The summed E-state index contributed by atoms with van der Waals surface area (Å²) in [5.74, 6) is 1.64. The molecule has 8 heteroatoms. The van der Waals surface area contributed by atoms with Crippen LogP contribution in [0.2, 0.25) is 5.02 Å². The van der Waals surface area contributed by atoms with Gasteiger partial charge in [0.05, 0.1) is 17.8 Å². The molecule has 0 atom stereocenters. The van der Waals surface area contributed by atoms with E-state index in [1.807, 2.05) is 60.7 Å². The average Bonchev–Trinajstić information content (AvgIpc) is 2.80. The molecule has 0 aliphatic carbocycles. The van der Waals surface area contributed by atoms with Crippen molar-refractivity contribution in [3.05, 3.63) is 87.4 Å². The van der Waals surface area contributed by atoms with Crippen LogP contribution in [0.25, 0.3) is 0 Å². The second-order valence-corrected chi connectivity index (χ2v) is 9.05. The van der Waals surface area contributed by atoms with E-state index in [-0.39, 0.29) is 5.91 Å². The van der Waals surface area contributed by atoms with Crippen molar-refractivity contribution in [2.75, 3.05) is 12.9 Å². The van der Waals surface area contributed by atoms with Crippen LogP contribution in [0.3, 0.4) is 0 Å². The third-order valence-electron chi connectivity index (χ3n) is 4.33. The molecular formula is C24H22BrClN2O3S. The SMILES string of the molecule is COc1cc(/C=N\NC(=O)CCSc2ccccc2)cc(Br)c1OCc1ccccc1Cl. The summed E-state index contributed by atoms with van der Waals surface area (Å²) in [5, 5.41) is 4.69. The minimum Gasteiger partial charge on any atom is -0.493 e. The fraction of sp³-hybridized carbons (Fsp3) is 0.167. The lowest BCUT2D eigenvalue weighted by Gasteiger charge is -2.14. The van der Waals surface area contributed by atoms with Gasteiger partial charge in [-0.1, -0.05) is 48.0 Å². The molecule has 0 fully saturated rings. The quantitative estimate of drug-likeness (QED) is 0.188. The lowest BCUT2D eigenvalue weighted by Crippen LogP contribution is -2.17. The van der Waals surface area contributed by atoms with E-state index in [4.69, 9.17) is 21.1 Å². The summed E-state index contributed by atoms with van der Waals surface area (Å²) in [7, 11) is 1.57. The summed E-state index contributed by atoms with van der Waals surface area (Å²) in [5.41, 5.74) is 4.18. The highest BCUT2D eigenvalue weighted by Gasteiger charge is 2.12. The molecule has 0 aromatic heterocycles. The average molecular weight is 534 g/mol. The number of ether oxygens (including phenoxy) is 2. The zero-order valence-electron chi connectivity index (χ0n) is 17.4. The van der Waals surface area contributed by atoms with Gasteiger partial charge in [0.2, 0.25) is 5.91 Å². The first-order chi connectivity index (χ1) is 15.6. The lowest BCUT2D eigenvalue weighted by molar-refractivity contribution is -0.120. The highest BCUT2D eigenvalue weighted by molar-refractivity contribution is 9.10. The maximum absolute atomic E-state index is 12.0. The minimum absolute atomic E-state index is 0.143. The van der Waals surface area contributed by atoms with Gasteiger partial charge in [-0.05, 0) is 51.8 Å². The maximum atomic E-state index is 12.0. The number of carbonyl (C=O) groups is 1. The van der Waals surface area contributed by atoms with Crippen molar-refractivity contribution < 1.29 is 14.3 Å². The Morgan fingerprint density at radius 3 is 2.66 bits per heavy atom. The second-order valence-electron chi connectivity index (χ2n) is 6.62. The van der Waals surface area contributed by atoms with Crippen LogP contribution in [0.1, 0.15) is 17.5 Å². The Morgan fingerprint density at radius 2 is 1.91 bits per heavy atom. The zero-order valence-corrected chi connectivity index (χ0v) is 20.5. The van der Waals surface area contributed by atoms with Gasteiger partial charge in [0, 0.05) is 27.7 Å². The molecule has 0 heterocycles. The number of benzene rings is 3. The van der Waals surface area contributed by atoms with E-state index in [1.165, 1.54) is 0 Å². The number of hydrazone groups is 1. The molecule has 3 aromatic carbocycles. The third kappa shape index (κ3) is 7.29. The van der Waals surface area contributed by atoms with E-state index in [1.54, 1.807) is 31.2 Å². The van der Waals surface area contributed by atoms with Gasteiger partial charge in [-0.2, -0.15) is 5.10 Å². The molecule has 0 bridgehead atoms. The van der Waals surface area contributed by atoms with E-state index in [0.717, 1.165) is 16.0 Å². The molecule has 5 nitrogen and oxygen atoms in total. The summed E-state index contributed by atoms with van der Waals surface area (Å²) in [6, 6.07) is 21.1. The van der Waals surface area contributed by atoms with Crippen molar-refractivity contribution >= 4 is 51.4 Å². The minimum atomic E-state index is -0.143. The number of methoxy groups -OCH3 is 1. The van der Waals surface area contributed by atoms with Gasteiger partial charge < -0.3 is 9.47 Å². The first kappa shape index (κ1) is 24.2. The van der Waals surface area contributed by atoms with Crippen LogP contribution in [-0.2, 0) is 11.4 Å². The van der Waals surface area contributed by atoms with Crippen molar-refractivity contribution in [3.63, 3.8) is 0 Å². The van der Waals surface area contributed by atoms with Gasteiger partial charge >= 0.3 is 0 Å². The van der Waals surface area contributed by atoms with E-state index >= 15 is 0 Å². The van der Waals surface area contributed by atoms with E-state index in [9.17, 15) is 4.79 Å². The van der Waals surface area contributed by atoms with E-state index in [2.05, 4.69) is 26.5 Å². The van der Waals surface area contributed by atoms with Crippen LogP contribution in [-0.4, -0.2) is 25.0 Å². The van der Waals surface area contributed by atoms with Gasteiger partial charge in [0.1, 0.15) is 6.61 Å². The third-order valence-corrected chi connectivity index (χ3v) is 6.30. The molecule has 3 rings (SSSR count). The summed E-state index contributed by atoms with van der Waals surface area (Å²) in [4.78, 5) is 13.1. The van der Waals surface area contributed by atoms with Crippen LogP contribution in [0.15, 0.2) is 81.2 Å². The summed E-state index contributed by atoms with van der Waals surface area (Å²) in [6.45, 7) is 0.305. The van der Waals surface area contributed by atoms with Crippen molar-refractivity contribution in [1.82, 2.24) is 5.43 Å². The molecule has 166 valence electrons. The molecule has 1 amide bonds. The zero-order chi connectivity index (χ0) is 22.8. The predicted molar refractivity (Wildman–Crippen MR) is 134 cm³/mol. The largest absolute Gasteiger partial charge is 0.493 e. The van der Waals surface area contributed by atoms with Crippen molar-refractivity contribution in [3.8, 4) is 11.5 Å². The number of carbonyl (C=O) groups excluding carboxylic acids is 1.